The van der Waals surface area contributed by atoms with Crippen molar-refractivity contribution in [3.8, 4) is 5.75 Å². The molecule has 5 heteroatoms. The number of benzene rings is 1. The monoisotopic (exact) mass is 283 g/mol. The summed E-state index contributed by atoms with van der Waals surface area (Å²) in [5.74, 6) is -0.654. The molecule has 2 unspecified atom stereocenters. The Bertz CT molecular complexity index is 478. The van der Waals surface area contributed by atoms with E-state index >= 15 is 0 Å². The Morgan fingerprint density at radius 2 is 2.20 bits per heavy atom. The van der Waals surface area contributed by atoms with E-state index < -0.39 is 11.5 Å². The van der Waals surface area contributed by atoms with Gasteiger partial charge in [0.2, 0.25) is 0 Å². The van der Waals surface area contributed by atoms with Gasteiger partial charge in [-0.3, -0.25) is 4.79 Å². The number of nitrogens with one attached hydrogen (secondary N) is 1. The van der Waals surface area contributed by atoms with Gasteiger partial charge < -0.3 is 15.2 Å². The molecule has 0 fully saturated rings. The molecule has 20 heavy (non-hydrogen) atoms. The molecule has 0 heterocycles. The summed E-state index contributed by atoms with van der Waals surface area (Å²) in [4.78, 5) is 11.3. The van der Waals surface area contributed by atoms with Gasteiger partial charge in [-0.15, -0.1) is 0 Å². The van der Waals surface area contributed by atoms with Crippen LogP contribution in [0.5, 0.6) is 5.75 Å². The minimum absolute atomic E-state index is 0.284. The van der Waals surface area contributed by atoms with Crippen LogP contribution in [0.3, 0.4) is 0 Å². The van der Waals surface area contributed by atoms with E-state index in [1.54, 1.807) is 32.9 Å². The Kier molecular flexibility index (Phi) is 5.51. The van der Waals surface area contributed by atoms with Crippen molar-refractivity contribution in [3.63, 3.8) is 0 Å². The highest BCUT2D eigenvalue weighted by Gasteiger charge is 2.34. The van der Waals surface area contributed by atoms with E-state index in [1.807, 2.05) is 6.92 Å². The Morgan fingerprint density at radius 3 is 2.70 bits per heavy atom. The van der Waals surface area contributed by atoms with Gasteiger partial charge in [0.25, 0.3) is 0 Å². The zero-order valence-corrected chi connectivity index (χ0v) is 12.4. The topological polar surface area (TPSA) is 58.6 Å². The van der Waals surface area contributed by atoms with Gasteiger partial charge in [-0.05, 0) is 51.1 Å². The predicted molar refractivity (Wildman–Crippen MR) is 75.6 cm³/mol. The Morgan fingerprint density at radius 1 is 1.55 bits per heavy atom. The van der Waals surface area contributed by atoms with Crippen LogP contribution in [0.1, 0.15) is 32.8 Å². The number of aliphatic carboxylic acids is 1. The predicted octanol–water partition coefficient (Wildman–Crippen LogP) is 2.74. The molecule has 4 nitrogen and oxygen atoms in total. The summed E-state index contributed by atoms with van der Waals surface area (Å²) >= 11 is 0. The van der Waals surface area contributed by atoms with Crippen LogP contribution in [-0.2, 0) is 4.79 Å². The standard InChI is InChI=1S/C15H22FNO3/c1-5-17-15(4,14(18)19)9-11(3)20-12-6-7-13(16)10(2)8-12/h6-8,11,17H,5,9H2,1-4H3,(H,18,19). The molecule has 2 N–H and O–H groups in total. The third kappa shape index (κ3) is 4.20. The van der Waals surface area contributed by atoms with Crippen LogP contribution in [0.25, 0.3) is 0 Å². The maximum Gasteiger partial charge on any atom is 0.323 e. The van der Waals surface area contributed by atoms with Crippen molar-refractivity contribution in [1.29, 1.82) is 0 Å². The molecule has 0 saturated carbocycles. The van der Waals surface area contributed by atoms with Crippen LogP contribution in [0.15, 0.2) is 18.2 Å². The summed E-state index contributed by atoms with van der Waals surface area (Å²) < 4.78 is 18.8. The molecular weight excluding hydrogens is 261 g/mol. The van der Waals surface area contributed by atoms with E-state index in [9.17, 15) is 14.3 Å². The molecule has 1 aromatic rings. The summed E-state index contributed by atoms with van der Waals surface area (Å²) in [6.45, 7) is 7.51. The van der Waals surface area contributed by atoms with Gasteiger partial charge in [-0.25, -0.2) is 4.39 Å². The second kappa shape index (κ2) is 6.70. The first kappa shape index (κ1) is 16.4. The fourth-order valence-electron chi connectivity index (χ4n) is 2.16. The number of carbonyl (C=O) groups is 1. The van der Waals surface area contributed by atoms with Crippen LogP contribution in [0, 0.1) is 12.7 Å². The molecule has 0 amide bonds. The van der Waals surface area contributed by atoms with Crippen LogP contribution in [0.4, 0.5) is 4.39 Å². The summed E-state index contributed by atoms with van der Waals surface area (Å²) in [7, 11) is 0. The Balaban J connectivity index is 2.72. The van der Waals surface area contributed by atoms with E-state index in [0.717, 1.165) is 0 Å². The van der Waals surface area contributed by atoms with E-state index in [0.29, 0.717) is 24.3 Å². The number of halogens is 1. The first-order valence-electron chi connectivity index (χ1n) is 6.69. The summed E-state index contributed by atoms with van der Waals surface area (Å²) in [5, 5.41) is 12.2. The molecule has 0 spiro atoms. The molecule has 1 aromatic carbocycles. The molecule has 0 bridgehead atoms. The van der Waals surface area contributed by atoms with Crippen LogP contribution < -0.4 is 10.1 Å². The summed E-state index contributed by atoms with van der Waals surface area (Å²) in [6, 6.07) is 4.50. The number of aryl methyl sites for hydroxylation is 1. The average molecular weight is 283 g/mol. The maximum atomic E-state index is 13.2. The molecule has 0 aliphatic heterocycles. The number of likely N-dealkylation sites (N-methyl/N-ethyl adjacent to an activating group) is 1. The zero-order chi connectivity index (χ0) is 15.3. The maximum absolute atomic E-state index is 13.2. The Labute approximate surface area is 119 Å². The number of hydrogen-bond acceptors (Lipinski definition) is 3. The first-order valence-corrected chi connectivity index (χ1v) is 6.69. The Hall–Kier alpha value is -1.62. The third-order valence-corrected chi connectivity index (χ3v) is 3.20. The molecule has 0 aliphatic carbocycles. The fraction of sp³-hybridized carbons (Fsp3) is 0.533. The number of carboxylic acids is 1. The van der Waals surface area contributed by atoms with E-state index in [1.165, 1.54) is 6.07 Å². The second-order valence-corrected chi connectivity index (χ2v) is 5.21. The SMILES string of the molecule is CCNC(C)(CC(C)Oc1ccc(F)c(C)c1)C(=O)O. The fourth-order valence-corrected chi connectivity index (χ4v) is 2.16. The highest BCUT2D eigenvalue weighted by Crippen LogP contribution is 2.21. The molecule has 0 saturated heterocycles. The molecule has 0 aromatic heterocycles. The van der Waals surface area contributed by atoms with Crippen molar-refractivity contribution < 1.29 is 19.0 Å². The van der Waals surface area contributed by atoms with Crippen molar-refractivity contribution >= 4 is 5.97 Å². The summed E-state index contributed by atoms with van der Waals surface area (Å²) in [6.07, 6.45) is 0.00656. The van der Waals surface area contributed by atoms with Gasteiger partial charge >= 0.3 is 5.97 Å². The highest BCUT2D eigenvalue weighted by atomic mass is 19.1. The largest absolute Gasteiger partial charge is 0.491 e. The first-order chi connectivity index (χ1) is 9.28. The molecule has 1 rings (SSSR count). The van der Waals surface area contributed by atoms with Crippen LogP contribution in [0.2, 0.25) is 0 Å². The molecule has 2 atom stereocenters. The minimum Gasteiger partial charge on any atom is -0.491 e. The van der Waals surface area contributed by atoms with Gasteiger partial charge in [-0.1, -0.05) is 6.92 Å². The van der Waals surface area contributed by atoms with Crippen LogP contribution >= 0.6 is 0 Å². The number of rotatable bonds is 7. The lowest BCUT2D eigenvalue weighted by molar-refractivity contribution is -0.145. The zero-order valence-electron chi connectivity index (χ0n) is 12.4. The smallest absolute Gasteiger partial charge is 0.323 e. The van der Waals surface area contributed by atoms with Crippen LogP contribution in [-0.4, -0.2) is 29.3 Å². The molecule has 112 valence electrons. The van der Waals surface area contributed by atoms with Crippen molar-refractivity contribution in [3.05, 3.63) is 29.6 Å². The van der Waals surface area contributed by atoms with Crippen molar-refractivity contribution in [2.75, 3.05) is 6.54 Å². The van der Waals surface area contributed by atoms with Gasteiger partial charge in [-0.2, -0.15) is 0 Å². The minimum atomic E-state index is -1.04. The van der Waals surface area contributed by atoms with Gasteiger partial charge in [0.15, 0.2) is 0 Å². The second-order valence-electron chi connectivity index (χ2n) is 5.21. The lowest BCUT2D eigenvalue weighted by Crippen LogP contribution is -2.51. The number of carboxylic acid groups (broad SMARTS) is 1. The van der Waals surface area contributed by atoms with E-state index in [4.69, 9.17) is 4.74 Å². The van der Waals surface area contributed by atoms with Crippen molar-refractivity contribution in [2.24, 2.45) is 0 Å². The summed E-state index contributed by atoms with van der Waals surface area (Å²) in [5.41, 5.74) is -0.536. The van der Waals surface area contributed by atoms with Crippen molar-refractivity contribution in [2.45, 2.75) is 45.8 Å². The molecular formula is C15H22FNO3. The van der Waals surface area contributed by atoms with Gasteiger partial charge in [0, 0.05) is 6.42 Å². The number of hydrogen-bond donors (Lipinski definition) is 2. The highest BCUT2D eigenvalue weighted by molar-refractivity contribution is 5.78. The lowest BCUT2D eigenvalue weighted by Gasteiger charge is -2.29. The van der Waals surface area contributed by atoms with Gasteiger partial charge in [0.05, 0.1) is 6.10 Å². The lowest BCUT2D eigenvalue weighted by atomic mass is 9.95. The molecule has 0 radical (unpaired) electrons. The van der Waals surface area contributed by atoms with E-state index in [-0.39, 0.29) is 11.9 Å². The average Bonchev–Trinajstić information content (AvgIpc) is 2.33. The van der Waals surface area contributed by atoms with Crippen molar-refractivity contribution in [1.82, 2.24) is 5.32 Å². The third-order valence-electron chi connectivity index (χ3n) is 3.20. The number of ether oxygens (including phenoxy) is 1. The quantitative estimate of drug-likeness (QED) is 0.808. The van der Waals surface area contributed by atoms with Gasteiger partial charge in [0.1, 0.15) is 17.1 Å². The van der Waals surface area contributed by atoms with E-state index in [2.05, 4.69) is 5.32 Å². The molecule has 0 aliphatic rings. The normalized spacial score (nSPS) is 15.4.